The summed E-state index contributed by atoms with van der Waals surface area (Å²) in [5.74, 6) is 6.47. The van der Waals surface area contributed by atoms with Gasteiger partial charge in [-0.05, 0) is 92.4 Å². The van der Waals surface area contributed by atoms with E-state index in [1.807, 2.05) is 0 Å². The first-order valence-corrected chi connectivity index (χ1v) is 16.8. The third kappa shape index (κ3) is 5.24. The van der Waals surface area contributed by atoms with Crippen molar-refractivity contribution in [2.45, 2.75) is 107 Å². The molecule has 0 aromatic heterocycles. The van der Waals surface area contributed by atoms with E-state index in [0.717, 1.165) is 63.7 Å². The number of benzene rings is 1. The fourth-order valence-corrected chi connectivity index (χ4v) is 9.65. The lowest BCUT2D eigenvalue weighted by molar-refractivity contribution is -0.252. The van der Waals surface area contributed by atoms with Crippen molar-refractivity contribution in [2.24, 2.45) is 23.2 Å². The molecule has 242 valence electrons. The monoisotopic (exact) mass is 607 g/mol. The van der Waals surface area contributed by atoms with Crippen molar-refractivity contribution < 1.29 is 29.2 Å². The minimum atomic E-state index is -1.10. The number of hydrogen-bond acceptors (Lipinski definition) is 7. The highest BCUT2D eigenvalue weighted by Crippen LogP contribution is 2.68. The van der Waals surface area contributed by atoms with Crippen LogP contribution >= 0.6 is 0 Å². The van der Waals surface area contributed by atoms with Gasteiger partial charge in [-0.2, -0.15) is 0 Å². The van der Waals surface area contributed by atoms with Gasteiger partial charge in [-0.1, -0.05) is 43.4 Å². The average Bonchev–Trinajstić information content (AvgIpc) is 3.29. The molecule has 1 saturated heterocycles. The van der Waals surface area contributed by atoms with Crippen molar-refractivity contribution in [3.8, 4) is 11.8 Å². The van der Waals surface area contributed by atoms with Gasteiger partial charge in [-0.15, -0.1) is 0 Å². The fraction of sp³-hybridized carbons (Fsp3) is 0.730. The van der Waals surface area contributed by atoms with Crippen LogP contribution in [0.4, 0.5) is 5.69 Å². The summed E-state index contributed by atoms with van der Waals surface area (Å²) in [6.07, 6.45) is 8.05. The highest BCUT2D eigenvalue weighted by molar-refractivity contribution is 5.50. The number of nitrogens with zero attached hydrogens (tertiary/aromatic N) is 1. The molecule has 0 bridgehead atoms. The van der Waals surface area contributed by atoms with Crippen LogP contribution in [0.25, 0.3) is 0 Å². The lowest BCUT2D eigenvalue weighted by Gasteiger charge is -2.59. The van der Waals surface area contributed by atoms with Crippen LogP contribution in [0.15, 0.2) is 35.4 Å². The predicted octanol–water partition coefficient (Wildman–Crippen LogP) is 5.79. The van der Waals surface area contributed by atoms with Crippen LogP contribution in [0.5, 0.6) is 0 Å². The van der Waals surface area contributed by atoms with E-state index in [9.17, 15) is 10.2 Å². The van der Waals surface area contributed by atoms with Gasteiger partial charge in [0, 0.05) is 64.8 Å². The molecule has 1 aliphatic heterocycles. The van der Waals surface area contributed by atoms with Gasteiger partial charge in [0.15, 0.2) is 12.1 Å². The molecule has 1 heterocycles. The Bertz CT molecular complexity index is 1290. The Morgan fingerprint density at radius 1 is 1.05 bits per heavy atom. The Hall–Kier alpha value is -1.92. The molecule has 1 unspecified atom stereocenters. The zero-order valence-electron chi connectivity index (χ0n) is 27.7. The summed E-state index contributed by atoms with van der Waals surface area (Å²) in [4.78, 5) is 2.12. The molecule has 1 aromatic rings. The fourth-order valence-electron chi connectivity index (χ4n) is 9.65. The first kappa shape index (κ1) is 32.0. The first-order chi connectivity index (χ1) is 21.0. The number of aliphatic hydroxyl groups is 2. The lowest BCUT2D eigenvalue weighted by Crippen LogP contribution is -2.58. The van der Waals surface area contributed by atoms with Gasteiger partial charge in [0.25, 0.3) is 0 Å². The molecule has 4 aliphatic carbocycles. The van der Waals surface area contributed by atoms with E-state index in [4.69, 9.17) is 18.9 Å². The standard InChI is InChI=1S/C37H53NO6/c1-25-22-28-30-15-18-35(39,17-9-21-44-32-10-7-8-20-43-32)34(30,2)23-29(26-11-13-27(14-12-26)38(3)4)33(28)31-16-19-36(41-5,42-6)24-37(25,31)40/h11-14,25,28-30,32,39-40H,7-8,10,15-16,18-24H2,1-6H3/t25-,28+,29-,30+,32?,34+,35+,37+/m1/s1. The van der Waals surface area contributed by atoms with Gasteiger partial charge in [-0.25, -0.2) is 0 Å². The smallest absolute Gasteiger partial charge is 0.170 e. The number of anilines is 1. The molecule has 0 radical (unpaired) electrons. The van der Waals surface area contributed by atoms with E-state index in [2.05, 4.69) is 68.9 Å². The van der Waals surface area contributed by atoms with Crippen LogP contribution in [0.2, 0.25) is 0 Å². The van der Waals surface area contributed by atoms with Crippen LogP contribution in [0.1, 0.15) is 89.5 Å². The molecule has 7 nitrogen and oxygen atoms in total. The van der Waals surface area contributed by atoms with Crippen LogP contribution in [-0.4, -0.2) is 75.0 Å². The van der Waals surface area contributed by atoms with E-state index in [0.29, 0.717) is 12.8 Å². The second-order valence-corrected chi connectivity index (χ2v) is 14.7. The van der Waals surface area contributed by atoms with Crippen molar-refractivity contribution in [2.75, 3.05) is 46.4 Å². The maximum atomic E-state index is 12.5. The molecule has 3 saturated carbocycles. The van der Waals surface area contributed by atoms with E-state index in [-0.39, 0.29) is 36.6 Å². The zero-order valence-corrected chi connectivity index (χ0v) is 27.7. The Balaban J connectivity index is 1.39. The Labute approximate surface area is 264 Å². The molecule has 4 fully saturated rings. The van der Waals surface area contributed by atoms with Crippen LogP contribution in [0, 0.1) is 35.0 Å². The summed E-state index contributed by atoms with van der Waals surface area (Å²) in [5, 5.41) is 24.9. The third-order valence-electron chi connectivity index (χ3n) is 12.4. The molecule has 0 amide bonds. The SMILES string of the molecule is COC1(OC)CCC2=C3[C@@H](C[C@@H](C)[C@@]2(O)C1)[C@@H]1CC[C@@](O)(C#CCOC2CCCCO2)[C@@]1(C)C[C@@H]3c1ccc(N(C)C)cc1. The number of methoxy groups -OCH3 is 2. The van der Waals surface area contributed by atoms with Crippen molar-refractivity contribution in [1.29, 1.82) is 0 Å². The second-order valence-electron chi connectivity index (χ2n) is 14.7. The maximum Gasteiger partial charge on any atom is 0.170 e. The molecular weight excluding hydrogens is 554 g/mol. The van der Waals surface area contributed by atoms with E-state index in [1.165, 1.54) is 16.7 Å². The number of hydrogen-bond donors (Lipinski definition) is 2. The Morgan fingerprint density at radius 2 is 1.80 bits per heavy atom. The molecule has 7 heteroatoms. The minimum Gasteiger partial charge on any atom is -0.385 e. The summed E-state index contributed by atoms with van der Waals surface area (Å²) in [7, 11) is 7.50. The van der Waals surface area contributed by atoms with Crippen molar-refractivity contribution in [3.05, 3.63) is 41.0 Å². The second kappa shape index (κ2) is 12.0. The number of fused-ring (bicyclic) bond motifs is 4. The number of ether oxygens (including phenoxy) is 4. The molecule has 1 aromatic carbocycles. The summed E-state index contributed by atoms with van der Waals surface area (Å²) < 4.78 is 23.4. The molecular formula is C37H53NO6. The molecule has 0 spiro atoms. The van der Waals surface area contributed by atoms with Gasteiger partial charge in [0.2, 0.25) is 0 Å². The molecule has 2 N–H and O–H groups in total. The number of rotatable bonds is 6. The van der Waals surface area contributed by atoms with Crippen LogP contribution in [-0.2, 0) is 18.9 Å². The maximum absolute atomic E-state index is 12.5. The number of allylic oxidation sites excluding steroid dienone is 1. The van der Waals surface area contributed by atoms with Gasteiger partial charge >= 0.3 is 0 Å². The van der Waals surface area contributed by atoms with Gasteiger partial charge in [0.1, 0.15) is 12.2 Å². The summed E-state index contributed by atoms with van der Waals surface area (Å²) in [5.41, 5.74) is 2.52. The summed E-state index contributed by atoms with van der Waals surface area (Å²) >= 11 is 0. The highest BCUT2D eigenvalue weighted by Gasteiger charge is 2.65. The topological polar surface area (TPSA) is 80.6 Å². The quantitative estimate of drug-likeness (QED) is 0.241. The van der Waals surface area contributed by atoms with Crippen LogP contribution < -0.4 is 4.90 Å². The van der Waals surface area contributed by atoms with Gasteiger partial charge < -0.3 is 34.1 Å². The lowest BCUT2D eigenvalue weighted by atomic mass is 9.48. The van der Waals surface area contributed by atoms with Gasteiger partial charge in [0.05, 0.1) is 5.60 Å². The molecule has 8 atom stereocenters. The summed E-state index contributed by atoms with van der Waals surface area (Å²) in [6, 6.07) is 8.88. The van der Waals surface area contributed by atoms with Crippen molar-refractivity contribution >= 4 is 5.69 Å². The minimum absolute atomic E-state index is 0.0408. The molecule has 5 aliphatic rings. The van der Waals surface area contributed by atoms with Crippen molar-refractivity contribution in [3.63, 3.8) is 0 Å². The van der Waals surface area contributed by atoms with E-state index in [1.54, 1.807) is 14.2 Å². The normalized spacial score (nSPS) is 39.5. The zero-order chi connectivity index (χ0) is 31.3. The largest absolute Gasteiger partial charge is 0.385 e. The Morgan fingerprint density at radius 3 is 2.45 bits per heavy atom. The van der Waals surface area contributed by atoms with E-state index >= 15 is 0 Å². The van der Waals surface area contributed by atoms with Crippen molar-refractivity contribution in [1.82, 2.24) is 0 Å². The molecule has 6 rings (SSSR count). The first-order valence-electron chi connectivity index (χ1n) is 16.8. The Kier molecular flexibility index (Phi) is 8.76. The average molecular weight is 608 g/mol. The summed E-state index contributed by atoms with van der Waals surface area (Å²) in [6.45, 7) is 5.48. The predicted molar refractivity (Wildman–Crippen MR) is 171 cm³/mol. The van der Waals surface area contributed by atoms with E-state index < -0.39 is 22.4 Å². The molecule has 44 heavy (non-hydrogen) atoms. The van der Waals surface area contributed by atoms with Crippen LogP contribution in [0.3, 0.4) is 0 Å². The third-order valence-corrected chi connectivity index (χ3v) is 12.4. The van der Waals surface area contributed by atoms with Gasteiger partial charge in [-0.3, -0.25) is 0 Å². The highest BCUT2D eigenvalue weighted by atomic mass is 16.7.